The van der Waals surface area contributed by atoms with Crippen LogP contribution in [0.5, 0.6) is 0 Å². The smallest absolute Gasteiger partial charge is 0.385 e. The largest absolute Gasteiger partial charge is 0.400 e. The van der Waals surface area contributed by atoms with Gasteiger partial charge in [0.05, 0.1) is 6.54 Å². The summed E-state index contributed by atoms with van der Waals surface area (Å²) in [5.41, 5.74) is -0.736. The Morgan fingerprint density at radius 3 is 2.56 bits per heavy atom. The number of carbonyl (C=O) groups excluding carboxylic acids is 2. The number of aliphatic imine (C=N–C) groups is 1. The Balaban J connectivity index is 1.45. The number of hydrogen-bond acceptors (Lipinski definition) is 5. The standard InChI is InChI=1S/C27H28Cl2F3N3O4/c1-16-9-17(22-13-26(15-33-22,27(30,31)32)18-10-19(28)12-20(29)11-18)5-6-21(16)24(36)34-23-14-39-35(25(23)37)7-3-4-8-38-2/h5-6,9-12,23H,3-4,7-8,13-15H2,1-2H3,(H,34,36)/t23-,26?/m1/s1. The van der Waals surface area contributed by atoms with E-state index in [9.17, 15) is 22.8 Å². The van der Waals surface area contributed by atoms with Crippen LogP contribution < -0.4 is 5.32 Å². The molecule has 39 heavy (non-hydrogen) atoms. The molecule has 1 N–H and O–H groups in total. The number of alkyl halides is 3. The molecule has 2 heterocycles. The number of unbranched alkanes of at least 4 members (excludes halogenated alkanes) is 1. The van der Waals surface area contributed by atoms with Gasteiger partial charge in [0, 0.05) is 48.0 Å². The minimum atomic E-state index is -4.60. The van der Waals surface area contributed by atoms with Crippen molar-refractivity contribution < 1.29 is 32.3 Å². The first kappa shape index (κ1) is 29.3. The fraction of sp³-hybridized carbons (Fsp3) is 0.444. The van der Waals surface area contributed by atoms with Gasteiger partial charge in [0.25, 0.3) is 11.8 Å². The van der Waals surface area contributed by atoms with Crippen molar-refractivity contribution in [3.63, 3.8) is 0 Å². The molecule has 0 spiro atoms. The SMILES string of the molecule is COCCCCN1OC[C@@H](NC(=O)c2ccc(C3=NCC(c4cc(Cl)cc(Cl)c4)(C(F)(F)F)C3)cc2C)C1=O. The number of nitrogens with zero attached hydrogens (tertiary/aromatic N) is 2. The zero-order valence-corrected chi connectivity index (χ0v) is 22.9. The van der Waals surface area contributed by atoms with Crippen LogP contribution >= 0.6 is 23.2 Å². The molecule has 1 unspecified atom stereocenters. The summed E-state index contributed by atoms with van der Waals surface area (Å²) in [7, 11) is 1.60. The van der Waals surface area contributed by atoms with Crippen molar-refractivity contribution in [2.45, 2.75) is 43.8 Å². The second kappa shape index (κ2) is 11.8. The number of hydroxylamine groups is 2. The van der Waals surface area contributed by atoms with E-state index in [1.165, 1.54) is 29.3 Å². The number of aryl methyl sites for hydroxylation is 1. The quantitative estimate of drug-likeness (QED) is 0.405. The summed E-state index contributed by atoms with van der Waals surface area (Å²) in [5, 5.41) is 4.16. The molecule has 1 saturated heterocycles. The predicted molar refractivity (Wildman–Crippen MR) is 141 cm³/mol. The van der Waals surface area contributed by atoms with Crippen molar-refractivity contribution in [2.75, 3.05) is 33.4 Å². The van der Waals surface area contributed by atoms with Crippen molar-refractivity contribution in [3.8, 4) is 0 Å². The Morgan fingerprint density at radius 2 is 1.92 bits per heavy atom. The maximum Gasteiger partial charge on any atom is 0.400 e. The molecule has 1 fully saturated rings. The summed E-state index contributed by atoms with van der Waals surface area (Å²) in [6.07, 6.45) is -3.53. The van der Waals surface area contributed by atoms with Gasteiger partial charge in [-0.05, 0) is 66.8 Å². The molecule has 0 radical (unpaired) electrons. The Bertz CT molecular complexity index is 1270. The van der Waals surface area contributed by atoms with Gasteiger partial charge in [-0.15, -0.1) is 0 Å². The Kier molecular flexibility index (Phi) is 8.90. The molecule has 7 nitrogen and oxygen atoms in total. The van der Waals surface area contributed by atoms with Crippen LogP contribution in [0.2, 0.25) is 10.0 Å². The molecule has 4 rings (SSSR count). The molecule has 2 atom stereocenters. The Hall–Kier alpha value is -2.66. The lowest BCUT2D eigenvalue weighted by Gasteiger charge is -2.31. The van der Waals surface area contributed by atoms with Gasteiger partial charge < -0.3 is 10.1 Å². The van der Waals surface area contributed by atoms with E-state index >= 15 is 0 Å². The van der Waals surface area contributed by atoms with E-state index in [4.69, 9.17) is 32.8 Å². The zero-order chi connectivity index (χ0) is 28.4. The zero-order valence-electron chi connectivity index (χ0n) is 21.4. The van der Waals surface area contributed by atoms with Gasteiger partial charge in [0.2, 0.25) is 0 Å². The average molecular weight is 586 g/mol. The monoisotopic (exact) mass is 585 g/mol. The fourth-order valence-electron chi connectivity index (χ4n) is 4.79. The fourth-order valence-corrected chi connectivity index (χ4v) is 5.31. The third-order valence-electron chi connectivity index (χ3n) is 6.98. The average Bonchev–Trinajstić information content (AvgIpc) is 3.47. The van der Waals surface area contributed by atoms with Crippen LogP contribution in [0.15, 0.2) is 41.4 Å². The first-order chi connectivity index (χ1) is 18.4. The molecule has 2 aliphatic rings. The van der Waals surface area contributed by atoms with E-state index in [1.807, 2.05) is 0 Å². The number of hydrogen-bond donors (Lipinski definition) is 1. The van der Waals surface area contributed by atoms with Gasteiger partial charge in [-0.1, -0.05) is 29.3 Å². The maximum absolute atomic E-state index is 14.4. The van der Waals surface area contributed by atoms with Crippen molar-refractivity contribution in [1.82, 2.24) is 10.4 Å². The molecule has 12 heteroatoms. The number of carbonyl (C=O) groups is 2. The number of amides is 2. The lowest BCUT2D eigenvalue weighted by molar-refractivity contribution is -0.183. The highest BCUT2D eigenvalue weighted by Gasteiger charge is 2.58. The highest BCUT2D eigenvalue weighted by Crippen LogP contribution is 2.48. The molecule has 2 aliphatic heterocycles. The number of halogens is 5. The van der Waals surface area contributed by atoms with Gasteiger partial charge in [0.15, 0.2) is 0 Å². The first-order valence-corrected chi connectivity index (χ1v) is 13.1. The molecule has 0 saturated carbocycles. The summed E-state index contributed by atoms with van der Waals surface area (Å²) in [6, 6.07) is 7.81. The Morgan fingerprint density at radius 1 is 1.21 bits per heavy atom. The summed E-state index contributed by atoms with van der Waals surface area (Å²) in [6.45, 7) is 2.17. The topological polar surface area (TPSA) is 80.2 Å². The van der Waals surface area contributed by atoms with Crippen LogP contribution in [0, 0.1) is 6.92 Å². The van der Waals surface area contributed by atoms with Crippen LogP contribution in [-0.4, -0.2) is 68.2 Å². The number of benzene rings is 2. The minimum absolute atomic E-state index is 0.0236. The summed E-state index contributed by atoms with van der Waals surface area (Å²) in [4.78, 5) is 35.2. The lowest BCUT2D eigenvalue weighted by Crippen LogP contribution is -2.43. The van der Waals surface area contributed by atoms with Crippen molar-refractivity contribution in [2.24, 2.45) is 4.99 Å². The summed E-state index contributed by atoms with van der Waals surface area (Å²) < 4.78 is 48.2. The second-order valence-corrected chi connectivity index (χ2v) is 10.5. The van der Waals surface area contributed by atoms with E-state index in [1.54, 1.807) is 26.2 Å². The molecule has 0 aliphatic carbocycles. The van der Waals surface area contributed by atoms with Crippen molar-refractivity contribution in [3.05, 3.63) is 68.7 Å². The molecule has 2 aromatic carbocycles. The van der Waals surface area contributed by atoms with Gasteiger partial charge in [-0.3, -0.25) is 19.4 Å². The highest BCUT2D eigenvalue weighted by molar-refractivity contribution is 6.34. The maximum atomic E-state index is 14.4. The highest BCUT2D eigenvalue weighted by atomic mass is 35.5. The van der Waals surface area contributed by atoms with E-state index in [-0.39, 0.29) is 33.8 Å². The van der Waals surface area contributed by atoms with Crippen molar-refractivity contribution in [1.29, 1.82) is 0 Å². The first-order valence-electron chi connectivity index (χ1n) is 12.4. The number of rotatable bonds is 9. The molecule has 210 valence electrons. The van der Waals surface area contributed by atoms with E-state index < -0.39 is 36.5 Å². The van der Waals surface area contributed by atoms with Gasteiger partial charge in [0.1, 0.15) is 18.1 Å². The molecular formula is C27H28Cl2F3N3O4. The Labute approximate surface area is 234 Å². The lowest BCUT2D eigenvalue weighted by atomic mass is 9.76. The van der Waals surface area contributed by atoms with E-state index in [0.717, 1.165) is 6.42 Å². The van der Waals surface area contributed by atoms with Crippen LogP contribution in [0.25, 0.3) is 0 Å². The van der Waals surface area contributed by atoms with E-state index in [0.29, 0.717) is 36.3 Å². The molecule has 2 aromatic rings. The van der Waals surface area contributed by atoms with Gasteiger partial charge >= 0.3 is 6.18 Å². The van der Waals surface area contributed by atoms with Crippen LogP contribution in [0.4, 0.5) is 13.2 Å². The minimum Gasteiger partial charge on any atom is -0.385 e. The number of methoxy groups -OCH3 is 1. The summed E-state index contributed by atoms with van der Waals surface area (Å²) in [5.74, 6) is -0.811. The molecule has 0 bridgehead atoms. The van der Waals surface area contributed by atoms with Gasteiger partial charge in [-0.25, -0.2) is 5.06 Å². The number of ether oxygens (including phenoxy) is 1. The third kappa shape index (κ3) is 6.24. The summed E-state index contributed by atoms with van der Waals surface area (Å²) >= 11 is 12.0. The molecule has 0 aromatic heterocycles. The van der Waals surface area contributed by atoms with Crippen LogP contribution in [0.3, 0.4) is 0 Å². The van der Waals surface area contributed by atoms with Crippen LogP contribution in [0.1, 0.15) is 46.3 Å². The predicted octanol–water partition coefficient (Wildman–Crippen LogP) is 5.29. The molecule has 2 amide bonds. The van der Waals surface area contributed by atoms with Gasteiger partial charge in [-0.2, -0.15) is 13.2 Å². The second-order valence-electron chi connectivity index (χ2n) is 9.67. The van der Waals surface area contributed by atoms with Crippen molar-refractivity contribution >= 4 is 40.7 Å². The normalized spacial score (nSPS) is 21.4. The van der Waals surface area contributed by atoms with E-state index in [2.05, 4.69) is 10.3 Å². The van der Waals surface area contributed by atoms with Crippen LogP contribution in [-0.2, 0) is 19.8 Å². The molecular weight excluding hydrogens is 558 g/mol. The number of nitrogens with one attached hydrogen (secondary N) is 1. The third-order valence-corrected chi connectivity index (χ3v) is 7.41.